The molecule has 1 aromatic rings. The molecule has 36 heavy (non-hydrogen) atoms. The SMILES string of the molecule is Cc1cc(C)c(CN2C[C@@H](SC3=C(C(=O)O)N4C(=O)[C@H]([C@@H](C)O)[C@H]4[C@H]3C)C[C@H]2C(=O)N(C)C)cc1C. The van der Waals surface area contributed by atoms with Crippen molar-refractivity contribution >= 4 is 29.5 Å². The number of likely N-dealkylation sites (tertiary alicyclic amines) is 1. The van der Waals surface area contributed by atoms with Crippen LogP contribution in [0, 0.1) is 32.6 Å². The monoisotopic (exact) mass is 515 g/mol. The molecule has 3 aliphatic heterocycles. The number of rotatable bonds is 7. The number of amides is 2. The van der Waals surface area contributed by atoms with Gasteiger partial charge < -0.3 is 20.0 Å². The second-order valence-corrected chi connectivity index (χ2v) is 12.1. The fourth-order valence-electron chi connectivity index (χ4n) is 5.94. The lowest BCUT2D eigenvalue weighted by Gasteiger charge is -2.46. The van der Waals surface area contributed by atoms with E-state index in [0.717, 1.165) is 0 Å². The molecular formula is C27H37N3O5S. The van der Waals surface area contributed by atoms with Crippen molar-refractivity contribution in [3.63, 3.8) is 0 Å². The average molecular weight is 516 g/mol. The van der Waals surface area contributed by atoms with Crippen LogP contribution in [-0.4, -0.2) is 86.8 Å². The molecule has 0 spiro atoms. The van der Waals surface area contributed by atoms with Gasteiger partial charge in [-0.1, -0.05) is 19.1 Å². The van der Waals surface area contributed by atoms with Gasteiger partial charge in [-0.15, -0.1) is 11.8 Å². The number of thioether (sulfide) groups is 1. The lowest BCUT2D eigenvalue weighted by Crippen LogP contribution is -2.63. The first-order chi connectivity index (χ1) is 16.8. The average Bonchev–Trinajstić information content (AvgIpc) is 3.28. The molecule has 196 valence electrons. The maximum absolute atomic E-state index is 13.1. The smallest absolute Gasteiger partial charge is 0.353 e. The highest BCUT2D eigenvalue weighted by Crippen LogP contribution is 2.52. The van der Waals surface area contributed by atoms with Gasteiger partial charge in [0.05, 0.1) is 24.1 Å². The molecule has 8 nitrogen and oxygen atoms in total. The Balaban J connectivity index is 1.60. The minimum atomic E-state index is -1.12. The zero-order chi connectivity index (χ0) is 26.6. The summed E-state index contributed by atoms with van der Waals surface area (Å²) in [6.07, 6.45) is -0.224. The van der Waals surface area contributed by atoms with Crippen LogP contribution in [0.1, 0.15) is 42.5 Å². The van der Waals surface area contributed by atoms with E-state index in [2.05, 4.69) is 37.8 Å². The van der Waals surface area contributed by atoms with Gasteiger partial charge >= 0.3 is 5.97 Å². The Hall–Kier alpha value is -2.36. The number of nitrogens with zero attached hydrogens (tertiary/aromatic N) is 3. The molecule has 0 aromatic heterocycles. The molecule has 2 saturated heterocycles. The number of β-lactam (4-membered cyclic amide) rings is 1. The van der Waals surface area contributed by atoms with Gasteiger partial charge in [0.2, 0.25) is 11.8 Å². The third-order valence-electron chi connectivity index (χ3n) is 8.02. The molecule has 2 amide bonds. The minimum absolute atomic E-state index is 0.0105. The fraction of sp³-hybridized carbons (Fsp3) is 0.593. The molecule has 0 unspecified atom stereocenters. The molecule has 0 radical (unpaired) electrons. The molecule has 1 aromatic carbocycles. The number of aryl methyl sites for hydroxylation is 3. The molecule has 6 atom stereocenters. The van der Waals surface area contributed by atoms with E-state index in [-0.39, 0.29) is 40.8 Å². The zero-order valence-corrected chi connectivity index (χ0v) is 22.9. The highest BCUT2D eigenvalue weighted by Gasteiger charge is 2.60. The van der Waals surface area contributed by atoms with E-state index in [1.54, 1.807) is 25.9 Å². The van der Waals surface area contributed by atoms with E-state index < -0.39 is 18.0 Å². The van der Waals surface area contributed by atoms with Gasteiger partial charge in [0.15, 0.2) is 0 Å². The van der Waals surface area contributed by atoms with Gasteiger partial charge in [0.1, 0.15) is 5.70 Å². The Labute approximate surface area is 217 Å². The summed E-state index contributed by atoms with van der Waals surface area (Å²) in [5.74, 6) is -2.17. The van der Waals surface area contributed by atoms with E-state index in [4.69, 9.17) is 0 Å². The molecule has 3 aliphatic rings. The summed E-state index contributed by atoms with van der Waals surface area (Å²) < 4.78 is 0. The van der Waals surface area contributed by atoms with Crippen molar-refractivity contribution in [3.8, 4) is 0 Å². The van der Waals surface area contributed by atoms with Crippen LogP contribution >= 0.6 is 11.8 Å². The van der Waals surface area contributed by atoms with Crippen LogP contribution in [0.4, 0.5) is 0 Å². The predicted octanol–water partition coefficient (Wildman–Crippen LogP) is 2.53. The number of carboxylic acid groups (broad SMARTS) is 1. The lowest BCUT2D eigenvalue weighted by molar-refractivity contribution is -0.163. The van der Waals surface area contributed by atoms with Crippen molar-refractivity contribution in [2.45, 2.75) is 71.0 Å². The minimum Gasteiger partial charge on any atom is -0.477 e. The van der Waals surface area contributed by atoms with Gasteiger partial charge in [0, 0.05) is 43.3 Å². The standard InChI is InChI=1S/C27H37N3O5S/c1-13-8-15(3)18(9-14(13)2)11-29-12-19(10-20(29)25(32)28(6)7)36-24-16(4)22-21(17(5)31)26(33)30(22)23(24)27(34)35/h8-9,16-17,19-22,31H,10-12H2,1-7H3,(H,34,35)/t16-,17-,19+,20+,21-,22-/m1/s1. The number of aliphatic hydroxyl groups is 1. The van der Waals surface area contributed by atoms with Gasteiger partial charge in [-0.2, -0.15) is 0 Å². The van der Waals surface area contributed by atoms with Gasteiger partial charge in [-0.05, 0) is 56.4 Å². The predicted molar refractivity (Wildman–Crippen MR) is 139 cm³/mol. The Kier molecular flexibility index (Phi) is 7.29. The van der Waals surface area contributed by atoms with E-state index in [1.807, 2.05) is 6.92 Å². The van der Waals surface area contributed by atoms with Crippen LogP contribution in [-0.2, 0) is 20.9 Å². The number of hydrogen-bond acceptors (Lipinski definition) is 6. The third kappa shape index (κ3) is 4.46. The molecule has 0 saturated carbocycles. The maximum atomic E-state index is 13.1. The fourth-order valence-corrected chi connectivity index (χ4v) is 7.50. The highest BCUT2D eigenvalue weighted by molar-refractivity contribution is 8.03. The molecule has 4 rings (SSSR count). The maximum Gasteiger partial charge on any atom is 0.353 e. The van der Waals surface area contributed by atoms with Crippen molar-refractivity contribution in [2.75, 3.05) is 20.6 Å². The van der Waals surface area contributed by atoms with Crippen LogP contribution < -0.4 is 0 Å². The number of aliphatic hydroxyl groups excluding tert-OH is 1. The summed E-state index contributed by atoms with van der Waals surface area (Å²) in [6, 6.07) is 3.74. The number of carbonyl (C=O) groups excluding carboxylic acids is 2. The summed E-state index contributed by atoms with van der Waals surface area (Å²) >= 11 is 1.49. The van der Waals surface area contributed by atoms with Crippen molar-refractivity contribution in [1.29, 1.82) is 0 Å². The summed E-state index contributed by atoms with van der Waals surface area (Å²) in [4.78, 5) is 43.9. The van der Waals surface area contributed by atoms with Crippen molar-refractivity contribution in [1.82, 2.24) is 14.7 Å². The first-order valence-electron chi connectivity index (χ1n) is 12.5. The topological polar surface area (TPSA) is 101 Å². The first kappa shape index (κ1) is 26.7. The number of fused-ring (bicyclic) bond motifs is 1. The normalized spacial score (nSPS) is 28.8. The Morgan fingerprint density at radius 2 is 1.81 bits per heavy atom. The Morgan fingerprint density at radius 3 is 2.39 bits per heavy atom. The first-order valence-corrected chi connectivity index (χ1v) is 13.4. The number of likely N-dealkylation sites (N-methyl/N-ethyl adjacent to an activating group) is 1. The second-order valence-electron chi connectivity index (χ2n) is 10.8. The largest absolute Gasteiger partial charge is 0.477 e. The molecular weight excluding hydrogens is 478 g/mol. The highest BCUT2D eigenvalue weighted by atomic mass is 32.2. The van der Waals surface area contributed by atoms with Gasteiger partial charge in [-0.25, -0.2) is 4.79 Å². The summed E-state index contributed by atoms with van der Waals surface area (Å²) in [7, 11) is 3.53. The van der Waals surface area contributed by atoms with Crippen molar-refractivity contribution in [2.24, 2.45) is 11.8 Å². The lowest BCUT2D eigenvalue weighted by atomic mass is 9.79. The van der Waals surface area contributed by atoms with Crippen molar-refractivity contribution in [3.05, 3.63) is 45.0 Å². The number of carboxylic acids is 1. The van der Waals surface area contributed by atoms with E-state index in [1.165, 1.54) is 38.9 Å². The second kappa shape index (κ2) is 9.84. The summed E-state index contributed by atoms with van der Waals surface area (Å²) in [5.41, 5.74) is 4.88. The molecule has 9 heteroatoms. The molecule has 0 bridgehead atoms. The van der Waals surface area contributed by atoms with Crippen LogP contribution in [0.25, 0.3) is 0 Å². The van der Waals surface area contributed by atoms with Crippen LogP contribution in [0.2, 0.25) is 0 Å². The van der Waals surface area contributed by atoms with Crippen molar-refractivity contribution < 1.29 is 24.6 Å². The van der Waals surface area contributed by atoms with Gasteiger partial charge in [-0.3, -0.25) is 14.5 Å². The van der Waals surface area contributed by atoms with E-state index >= 15 is 0 Å². The number of carbonyl (C=O) groups is 3. The number of hydrogen-bond donors (Lipinski definition) is 2. The van der Waals surface area contributed by atoms with Crippen LogP contribution in [0.15, 0.2) is 22.7 Å². The molecule has 3 heterocycles. The van der Waals surface area contributed by atoms with Crippen LogP contribution in [0.5, 0.6) is 0 Å². The molecule has 2 fully saturated rings. The quantitative estimate of drug-likeness (QED) is 0.538. The summed E-state index contributed by atoms with van der Waals surface area (Å²) in [6.45, 7) is 11.1. The van der Waals surface area contributed by atoms with Gasteiger partial charge in [0.25, 0.3) is 0 Å². The zero-order valence-electron chi connectivity index (χ0n) is 22.1. The van der Waals surface area contributed by atoms with E-state index in [0.29, 0.717) is 24.4 Å². The number of benzene rings is 1. The molecule has 0 aliphatic carbocycles. The summed E-state index contributed by atoms with van der Waals surface area (Å²) in [5, 5.41) is 20.1. The molecule has 2 N–H and O–H groups in total. The Morgan fingerprint density at radius 1 is 1.17 bits per heavy atom. The Bertz CT molecular complexity index is 1130. The third-order valence-corrected chi connectivity index (χ3v) is 9.52. The van der Waals surface area contributed by atoms with Crippen LogP contribution in [0.3, 0.4) is 0 Å². The number of aliphatic carboxylic acids is 1. The van der Waals surface area contributed by atoms with E-state index in [9.17, 15) is 24.6 Å².